The Morgan fingerprint density at radius 3 is 2.78 bits per heavy atom. The second-order valence-electron chi connectivity index (χ2n) is 5.91. The summed E-state index contributed by atoms with van der Waals surface area (Å²) in [7, 11) is 1.99. The Hall–Kier alpha value is -0.610. The third kappa shape index (κ3) is 3.45. The Kier molecular flexibility index (Phi) is 5.01. The van der Waals surface area contributed by atoms with E-state index in [0.29, 0.717) is 24.4 Å². The number of rotatable bonds is 4. The first-order valence-electron chi connectivity index (χ1n) is 7.37. The number of amides is 1. The van der Waals surface area contributed by atoms with Crippen molar-refractivity contribution in [3.8, 4) is 0 Å². The summed E-state index contributed by atoms with van der Waals surface area (Å²) in [5.41, 5.74) is 0. The second kappa shape index (κ2) is 6.53. The van der Waals surface area contributed by atoms with Gasteiger partial charge in [0, 0.05) is 25.7 Å². The summed E-state index contributed by atoms with van der Waals surface area (Å²) in [5, 5.41) is 3.23. The van der Waals surface area contributed by atoms with Crippen LogP contribution in [0.3, 0.4) is 0 Å². The lowest BCUT2D eigenvalue weighted by molar-refractivity contribution is -0.134. The van der Waals surface area contributed by atoms with Crippen LogP contribution >= 0.6 is 0 Å². The standard InChI is InChI=1S/C14H27N3O/c1-12-5-3-8-17(10-12)14(18)11-16-7-4-6-13(16)9-15-2/h12-13,15H,3-11H2,1-2H3. The number of carbonyl (C=O) groups is 1. The summed E-state index contributed by atoms with van der Waals surface area (Å²) in [5.74, 6) is 1.01. The normalized spacial score (nSPS) is 29.8. The number of hydrogen-bond donors (Lipinski definition) is 1. The van der Waals surface area contributed by atoms with Crippen molar-refractivity contribution in [3.63, 3.8) is 0 Å². The molecule has 18 heavy (non-hydrogen) atoms. The molecule has 0 radical (unpaired) electrons. The van der Waals surface area contributed by atoms with Crippen LogP contribution in [0.25, 0.3) is 0 Å². The van der Waals surface area contributed by atoms with Gasteiger partial charge in [-0.3, -0.25) is 9.69 Å². The molecule has 1 N–H and O–H groups in total. The molecule has 1 amide bonds. The molecular formula is C14H27N3O. The van der Waals surface area contributed by atoms with Gasteiger partial charge in [-0.05, 0) is 45.2 Å². The Morgan fingerprint density at radius 2 is 2.06 bits per heavy atom. The topological polar surface area (TPSA) is 35.6 Å². The highest BCUT2D eigenvalue weighted by Crippen LogP contribution is 2.19. The van der Waals surface area contributed by atoms with E-state index in [0.717, 1.165) is 26.2 Å². The average molecular weight is 253 g/mol. The van der Waals surface area contributed by atoms with E-state index in [1.807, 2.05) is 7.05 Å². The van der Waals surface area contributed by atoms with Gasteiger partial charge in [-0.15, -0.1) is 0 Å². The van der Waals surface area contributed by atoms with Crippen LogP contribution < -0.4 is 5.32 Å². The minimum absolute atomic E-state index is 0.338. The Bertz CT molecular complexity index is 282. The molecule has 0 bridgehead atoms. The van der Waals surface area contributed by atoms with Crippen molar-refractivity contribution in [1.29, 1.82) is 0 Å². The first-order valence-corrected chi connectivity index (χ1v) is 7.37. The highest BCUT2D eigenvalue weighted by Gasteiger charge is 2.28. The summed E-state index contributed by atoms with van der Waals surface area (Å²) in [6.45, 7) is 6.89. The molecular weight excluding hydrogens is 226 g/mol. The summed E-state index contributed by atoms with van der Waals surface area (Å²) in [6.07, 6.45) is 4.91. The van der Waals surface area contributed by atoms with Crippen LogP contribution in [0.2, 0.25) is 0 Å². The Balaban J connectivity index is 1.82. The minimum Gasteiger partial charge on any atom is -0.341 e. The summed E-state index contributed by atoms with van der Waals surface area (Å²) < 4.78 is 0. The van der Waals surface area contributed by atoms with Gasteiger partial charge < -0.3 is 10.2 Å². The number of carbonyl (C=O) groups excluding carboxylic acids is 1. The van der Waals surface area contributed by atoms with Crippen LogP contribution in [0.15, 0.2) is 0 Å². The van der Waals surface area contributed by atoms with Gasteiger partial charge in [0.1, 0.15) is 0 Å². The van der Waals surface area contributed by atoms with Gasteiger partial charge in [0.15, 0.2) is 0 Å². The number of hydrogen-bond acceptors (Lipinski definition) is 3. The van der Waals surface area contributed by atoms with Crippen molar-refractivity contribution in [2.45, 2.75) is 38.6 Å². The monoisotopic (exact) mass is 253 g/mol. The van der Waals surface area contributed by atoms with E-state index >= 15 is 0 Å². The molecule has 4 nitrogen and oxygen atoms in total. The summed E-state index contributed by atoms with van der Waals surface area (Å²) >= 11 is 0. The molecule has 104 valence electrons. The van der Waals surface area contributed by atoms with Gasteiger partial charge in [0.25, 0.3) is 0 Å². The molecule has 2 atom stereocenters. The summed E-state index contributed by atoms with van der Waals surface area (Å²) in [4.78, 5) is 16.7. The van der Waals surface area contributed by atoms with Crippen molar-refractivity contribution in [2.24, 2.45) is 5.92 Å². The smallest absolute Gasteiger partial charge is 0.236 e. The Labute approximate surface area is 111 Å². The van der Waals surface area contributed by atoms with Gasteiger partial charge in [-0.25, -0.2) is 0 Å². The third-order valence-electron chi connectivity index (χ3n) is 4.29. The largest absolute Gasteiger partial charge is 0.341 e. The minimum atomic E-state index is 0.338. The van der Waals surface area contributed by atoms with Crippen molar-refractivity contribution < 1.29 is 4.79 Å². The molecule has 0 aromatic carbocycles. The molecule has 2 aliphatic heterocycles. The van der Waals surface area contributed by atoms with E-state index in [2.05, 4.69) is 22.0 Å². The maximum absolute atomic E-state index is 12.3. The maximum atomic E-state index is 12.3. The van der Waals surface area contributed by atoms with Gasteiger partial charge >= 0.3 is 0 Å². The van der Waals surface area contributed by atoms with Crippen molar-refractivity contribution >= 4 is 5.91 Å². The Morgan fingerprint density at radius 1 is 1.28 bits per heavy atom. The molecule has 0 aromatic rings. The van der Waals surface area contributed by atoms with Crippen LogP contribution in [0.1, 0.15) is 32.6 Å². The zero-order valence-corrected chi connectivity index (χ0v) is 11.8. The van der Waals surface area contributed by atoms with Crippen LogP contribution in [0, 0.1) is 5.92 Å². The van der Waals surface area contributed by atoms with E-state index in [1.54, 1.807) is 0 Å². The number of likely N-dealkylation sites (N-methyl/N-ethyl adjacent to an activating group) is 1. The molecule has 2 heterocycles. The first-order chi connectivity index (χ1) is 8.70. The lowest BCUT2D eigenvalue weighted by Crippen LogP contribution is -2.47. The predicted molar refractivity (Wildman–Crippen MR) is 73.5 cm³/mol. The molecule has 0 aliphatic carbocycles. The quantitative estimate of drug-likeness (QED) is 0.809. The molecule has 2 aliphatic rings. The van der Waals surface area contributed by atoms with Crippen LogP contribution in [-0.4, -0.2) is 61.5 Å². The SMILES string of the molecule is CNCC1CCCN1CC(=O)N1CCCC(C)C1. The molecule has 2 unspecified atom stereocenters. The van der Waals surface area contributed by atoms with Crippen LogP contribution in [-0.2, 0) is 4.79 Å². The van der Waals surface area contributed by atoms with Crippen molar-refractivity contribution in [1.82, 2.24) is 15.1 Å². The van der Waals surface area contributed by atoms with Crippen LogP contribution in [0.4, 0.5) is 0 Å². The fraction of sp³-hybridized carbons (Fsp3) is 0.929. The third-order valence-corrected chi connectivity index (χ3v) is 4.29. The van der Waals surface area contributed by atoms with E-state index in [9.17, 15) is 4.79 Å². The molecule has 2 rings (SSSR count). The number of likely N-dealkylation sites (tertiary alicyclic amines) is 2. The van der Waals surface area contributed by atoms with E-state index in [-0.39, 0.29) is 0 Å². The van der Waals surface area contributed by atoms with Gasteiger partial charge in [0.05, 0.1) is 6.54 Å². The van der Waals surface area contributed by atoms with Gasteiger partial charge in [-0.1, -0.05) is 6.92 Å². The van der Waals surface area contributed by atoms with Gasteiger partial charge in [0.2, 0.25) is 5.91 Å². The highest BCUT2D eigenvalue weighted by atomic mass is 16.2. The fourth-order valence-corrected chi connectivity index (χ4v) is 3.26. The number of piperidine rings is 1. The molecule has 4 heteroatoms. The van der Waals surface area contributed by atoms with Crippen LogP contribution in [0.5, 0.6) is 0 Å². The lowest BCUT2D eigenvalue weighted by Gasteiger charge is -2.33. The first kappa shape index (κ1) is 13.8. The predicted octanol–water partition coefficient (Wildman–Crippen LogP) is 0.929. The molecule has 2 fully saturated rings. The summed E-state index contributed by atoms with van der Waals surface area (Å²) in [6, 6.07) is 0.557. The number of nitrogens with one attached hydrogen (secondary N) is 1. The average Bonchev–Trinajstić information content (AvgIpc) is 2.77. The number of nitrogens with zero attached hydrogens (tertiary/aromatic N) is 2. The molecule has 0 aromatic heterocycles. The zero-order chi connectivity index (χ0) is 13.0. The van der Waals surface area contributed by atoms with E-state index in [4.69, 9.17) is 0 Å². The molecule has 2 saturated heterocycles. The van der Waals surface area contributed by atoms with Crippen molar-refractivity contribution in [3.05, 3.63) is 0 Å². The fourth-order valence-electron chi connectivity index (χ4n) is 3.26. The lowest BCUT2D eigenvalue weighted by atomic mass is 10.0. The van der Waals surface area contributed by atoms with Crippen molar-refractivity contribution in [2.75, 3.05) is 39.8 Å². The maximum Gasteiger partial charge on any atom is 0.236 e. The van der Waals surface area contributed by atoms with Gasteiger partial charge in [-0.2, -0.15) is 0 Å². The zero-order valence-electron chi connectivity index (χ0n) is 11.8. The molecule has 0 spiro atoms. The van der Waals surface area contributed by atoms with E-state index < -0.39 is 0 Å². The highest BCUT2D eigenvalue weighted by molar-refractivity contribution is 5.78. The van der Waals surface area contributed by atoms with E-state index in [1.165, 1.54) is 25.7 Å². The second-order valence-corrected chi connectivity index (χ2v) is 5.91. The molecule has 0 saturated carbocycles.